The van der Waals surface area contributed by atoms with Crippen LogP contribution in [0.15, 0.2) is 12.3 Å². The minimum absolute atomic E-state index is 0.188. The maximum absolute atomic E-state index is 11.6. The quantitative estimate of drug-likeness (QED) is 0.837. The Hall–Kier alpha value is -1.19. The van der Waals surface area contributed by atoms with E-state index in [0.717, 1.165) is 5.39 Å². The third-order valence-corrected chi connectivity index (χ3v) is 2.82. The molecule has 2 aromatic rings. The Balaban J connectivity index is 2.63. The summed E-state index contributed by atoms with van der Waals surface area (Å²) in [6, 6.07) is 4.55. The van der Waals surface area contributed by atoms with Crippen molar-refractivity contribution < 1.29 is 9.53 Å². The minimum atomic E-state index is -0.519. The number of nitrogens with one attached hydrogen (secondary N) is 1. The molecule has 3 nitrogen and oxygen atoms in total. The number of H-pyrrole nitrogens is 1. The van der Waals surface area contributed by atoms with Gasteiger partial charge in [-0.15, -0.1) is 0 Å². The Kier molecular flexibility index (Phi) is 3.08. The van der Waals surface area contributed by atoms with Crippen LogP contribution in [0.25, 0.3) is 10.9 Å². The first-order chi connectivity index (χ1) is 7.65. The normalized spacial score (nSPS) is 10.7. The molecule has 1 radical (unpaired) electrons. The number of ether oxygens (including phenoxy) is 1. The van der Waals surface area contributed by atoms with Crippen LogP contribution in [-0.2, 0) is 4.74 Å². The lowest BCUT2D eigenvalue weighted by Gasteiger charge is -2.07. The largest absolute Gasteiger partial charge is 0.462 e. The summed E-state index contributed by atoms with van der Waals surface area (Å²) in [5.41, 5.74) is 0.822. The lowest BCUT2D eigenvalue weighted by Crippen LogP contribution is -2.06. The van der Waals surface area contributed by atoms with Crippen LogP contribution in [-0.4, -0.2) is 17.6 Å². The van der Waals surface area contributed by atoms with Crippen molar-refractivity contribution in [3.8, 4) is 0 Å². The maximum Gasteiger partial charge on any atom is 0.341 e. The van der Waals surface area contributed by atoms with Gasteiger partial charge in [-0.25, -0.2) is 4.79 Å². The number of aromatic amines is 1. The monoisotopic (exact) mass is 256 g/mol. The second-order valence-corrected chi connectivity index (χ2v) is 3.91. The average molecular weight is 257 g/mol. The van der Waals surface area contributed by atoms with Gasteiger partial charge in [-0.2, -0.15) is 0 Å². The van der Waals surface area contributed by atoms with Crippen molar-refractivity contribution in [2.24, 2.45) is 0 Å². The van der Waals surface area contributed by atoms with Gasteiger partial charge in [0, 0.05) is 17.6 Å². The topological polar surface area (TPSA) is 42.1 Å². The number of esters is 1. The molecule has 0 unspecified atom stereocenters. The van der Waals surface area contributed by atoms with Crippen molar-refractivity contribution in [3.63, 3.8) is 0 Å². The highest BCUT2D eigenvalue weighted by Gasteiger charge is 2.19. The van der Waals surface area contributed by atoms with Gasteiger partial charge in [0.25, 0.3) is 0 Å². The predicted molar refractivity (Wildman–Crippen MR) is 63.1 cm³/mol. The number of rotatable bonds is 2. The number of hydrogen-bond donors (Lipinski definition) is 1. The first kappa shape index (κ1) is 11.3. The first-order valence-corrected chi connectivity index (χ1v) is 5.44. The summed E-state index contributed by atoms with van der Waals surface area (Å²) in [6.07, 6.45) is 1.61. The zero-order chi connectivity index (χ0) is 11.7. The van der Waals surface area contributed by atoms with Gasteiger partial charge in [0.1, 0.15) is 0 Å². The minimum Gasteiger partial charge on any atom is -0.462 e. The molecule has 5 heteroatoms. The third kappa shape index (κ3) is 1.77. The molecule has 1 aromatic carbocycles. The number of fused-ring (bicyclic) bond motifs is 1. The summed E-state index contributed by atoms with van der Waals surface area (Å²) >= 11 is 12.1. The predicted octanol–water partition coefficient (Wildman–Crippen LogP) is 3.45. The van der Waals surface area contributed by atoms with Gasteiger partial charge in [0.2, 0.25) is 0 Å². The molecule has 2 rings (SSSR count). The van der Waals surface area contributed by atoms with Gasteiger partial charge in [-0.05, 0) is 13.0 Å². The van der Waals surface area contributed by atoms with E-state index in [1.807, 2.05) is 0 Å². The van der Waals surface area contributed by atoms with Crippen molar-refractivity contribution in [2.45, 2.75) is 6.92 Å². The Bertz CT molecular complexity index is 548. The highest BCUT2D eigenvalue weighted by atomic mass is 35.5. The highest BCUT2D eigenvalue weighted by Crippen LogP contribution is 2.32. The van der Waals surface area contributed by atoms with E-state index >= 15 is 0 Å². The second kappa shape index (κ2) is 4.36. The van der Waals surface area contributed by atoms with Crippen LogP contribution < -0.4 is 0 Å². The Labute approximate surface area is 102 Å². The van der Waals surface area contributed by atoms with Gasteiger partial charge in [-0.1, -0.05) is 23.2 Å². The molecule has 0 bridgehead atoms. The number of carbonyl (C=O) groups is 1. The number of benzene rings is 1. The zero-order valence-corrected chi connectivity index (χ0v) is 9.95. The Morgan fingerprint density at radius 1 is 1.56 bits per heavy atom. The van der Waals surface area contributed by atoms with E-state index < -0.39 is 5.97 Å². The molecule has 83 valence electrons. The summed E-state index contributed by atoms with van der Waals surface area (Å²) in [6.45, 7) is 2.00. The van der Waals surface area contributed by atoms with Crippen LogP contribution in [0.5, 0.6) is 0 Å². The SMILES string of the molecule is CCOC(=O)c1c(Cl)cc2[c]c[nH]c2c1Cl. The lowest BCUT2D eigenvalue weighted by molar-refractivity contribution is 0.0527. The maximum atomic E-state index is 11.6. The lowest BCUT2D eigenvalue weighted by atomic mass is 10.1. The van der Waals surface area contributed by atoms with E-state index in [2.05, 4.69) is 11.1 Å². The summed E-state index contributed by atoms with van der Waals surface area (Å²) in [5, 5.41) is 1.28. The summed E-state index contributed by atoms with van der Waals surface area (Å²) in [4.78, 5) is 14.5. The number of aromatic nitrogens is 1. The van der Waals surface area contributed by atoms with Crippen molar-refractivity contribution in [2.75, 3.05) is 6.61 Å². The van der Waals surface area contributed by atoms with E-state index in [0.29, 0.717) is 5.52 Å². The standard InChI is InChI=1S/C11H8Cl2NO2/c1-2-16-11(15)8-7(12)5-6-3-4-14-10(6)9(8)13/h4-5,14H,2H2,1H3. The van der Waals surface area contributed by atoms with Gasteiger partial charge in [0.15, 0.2) is 0 Å². The van der Waals surface area contributed by atoms with Crippen molar-refractivity contribution >= 4 is 40.1 Å². The van der Waals surface area contributed by atoms with Crippen LogP contribution in [0.4, 0.5) is 0 Å². The number of halogens is 2. The Morgan fingerprint density at radius 3 is 3.00 bits per heavy atom. The molecule has 0 atom stereocenters. The summed E-state index contributed by atoms with van der Waals surface area (Å²) < 4.78 is 4.88. The summed E-state index contributed by atoms with van der Waals surface area (Å²) in [7, 11) is 0. The molecular weight excluding hydrogens is 249 g/mol. The van der Waals surface area contributed by atoms with Crippen LogP contribution in [0.3, 0.4) is 0 Å². The fraction of sp³-hybridized carbons (Fsp3) is 0.182. The smallest absolute Gasteiger partial charge is 0.341 e. The van der Waals surface area contributed by atoms with Crippen LogP contribution in [0.1, 0.15) is 17.3 Å². The van der Waals surface area contributed by atoms with Gasteiger partial charge >= 0.3 is 5.97 Å². The molecule has 0 aliphatic rings. The second-order valence-electron chi connectivity index (χ2n) is 3.12. The highest BCUT2D eigenvalue weighted by molar-refractivity contribution is 6.42. The van der Waals surface area contributed by atoms with Crippen molar-refractivity contribution in [3.05, 3.63) is 33.9 Å². The molecule has 16 heavy (non-hydrogen) atoms. The van der Waals surface area contributed by atoms with E-state index in [1.54, 1.807) is 19.2 Å². The average Bonchev–Trinajstić information content (AvgIpc) is 2.66. The van der Waals surface area contributed by atoms with Gasteiger partial charge in [-0.3, -0.25) is 0 Å². The first-order valence-electron chi connectivity index (χ1n) is 4.69. The fourth-order valence-corrected chi connectivity index (χ4v) is 2.11. The molecule has 0 saturated heterocycles. The Morgan fingerprint density at radius 2 is 2.31 bits per heavy atom. The molecule has 1 aromatic heterocycles. The molecule has 1 heterocycles. The van der Waals surface area contributed by atoms with Crippen molar-refractivity contribution in [1.82, 2.24) is 4.98 Å². The van der Waals surface area contributed by atoms with Crippen LogP contribution in [0, 0.1) is 6.07 Å². The van der Waals surface area contributed by atoms with E-state index in [9.17, 15) is 4.79 Å². The van der Waals surface area contributed by atoms with E-state index in [-0.39, 0.29) is 22.2 Å². The summed E-state index contributed by atoms with van der Waals surface area (Å²) in [5.74, 6) is -0.519. The van der Waals surface area contributed by atoms with Crippen LogP contribution >= 0.6 is 23.2 Å². The zero-order valence-electron chi connectivity index (χ0n) is 8.43. The van der Waals surface area contributed by atoms with Crippen LogP contribution in [0.2, 0.25) is 10.0 Å². The molecule has 0 amide bonds. The van der Waals surface area contributed by atoms with Gasteiger partial charge < -0.3 is 9.72 Å². The fourth-order valence-electron chi connectivity index (χ4n) is 1.45. The van der Waals surface area contributed by atoms with E-state index in [1.165, 1.54) is 0 Å². The van der Waals surface area contributed by atoms with Crippen molar-refractivity contribution in [1.29, 1.82) is 0 Å². The van der Waals surface area contributed by atoms with E-state index in [4.69, 9.17) is 27.9 Å². The molecule has 0 spiro atoms. The number of hydrogen-bond acceptors (Lipinski definition) is 2. The van der Waals surface area contributed by atoms with Gasteiger partial charge in [0.05, 0.1) is 27.7 Å². The molecule has 0 saturated carbocycles. The molecule has 0 aliphatic carbocycles. The molecule has 1 N–H and O–H groups in total. The molecule has 0 aliphatic heterocycles. The number of carbonyl (C=O) groups excluding carboxylic acids is 1. The third-order valence-electron chi connectivity index (χ3n) is 2.14. The molecular formula is C11H8Cl2NO2. The molecule has 0 fully saturated rings.